The highest BCUT2D eigenvalue weighted by Crippen LogP contribution is 2.30. The van der Waals surface area contributed by atoms with Crippen LogP contribution in [0.1, 0.15) is 20.8 Å². The van der Waals surface area contributed by atoms with E-state index in [1.807, 2.05) is 36.4 Å². The van der Waals surface area contributed by atoms with E-state index in [4.69, 9.17) is 17.2 Å². The van der Waals surface area contributed by atoms with Gasteiger partial charge in [-0.3, -0.25) is 0 Å². The van der Waals surface area contributed by atoms with E-state index in [0.717, 1.165) is 27.5 Å². The molecule has 0 saturated carbocycles. The Morgan fingerprint density at radius 2 is 1.41 bits per heavy atom. The van der Waals surface area contributed by atoms with Crippen LogP contribution in [0.15, 0.2) is 48.5 Å². The van der Waals surface area contributed by atoms with Gasteiger partial charge in [-0.2, -0.15) is 0 Å². The van der Waals surface area contributed by atoms with Crippen molar-refractivity contribution in [1.82, 2.24) is 10.3 Å². The average molecular weight is 309 g/mol. The van der Waals surface area contributed by atoms with Crippen molar-refractivity contribution in [3.05, 3.63) is 48.5 Å². The smallest absolute Gasteiger partial charge is 0.171 e. The van der Waals surface area contributed by atoms with Gasteiger partial charge >= 0.3 is 0 Å². The van der Waals surface area contributed by atoms with E-state index in [1.165, 1.54) is 0 Å². The van der Waals surface area contributed by atoms with Crippen LogP contribution in [0.5, 0.6) is 0 Å². The standard InChI is InChI=1S/C18H19N3S/c1-18(2,3)21-17(22)20-16-12-8-4-6-10-14(12)19-15-11-7-5-9-13(15)16/h4-11H,1-3H3,(H2,19,20,21,22). The first-order valence-corrected chi connectivity index (χ1v) is 7.71. The number of thiocarbonyl (C=S) groups is 1. The molecule has 0 saturated heterocycles. The maximum absolute atomic E-state index is 5.47. The third kappa shape index (κ3) is 3.02. The van der Waals surface area contributed by atoms with Gasteiger partial charge in [0.15, 0.2) is 5.11 Å². The second-order valence-corrected chi connectivity index (χ2v) is 6.76. The highest BCUT2D eigenvalue weighted by Gasteiger charge is 2.14. The minimum absolute atomic E-state index is 0.0806. The summed E-state index contributed by atoms with van der Waals surface area (Å²) in [5.41, 5.74) is 2.84. The third-order valence-electron chi connectivity index (χ3n) is 3.31. The van der Waals surface area contributed by atoms with Crippen LogP contribution in [0, 0.1) is 0 Å². The molecule has 0 unspecified atom stereocenters. The highest BCUT2D eigenvalue weighted by atomic mass is 32.1. The Bertz CT molecular complexity index is 796. The molecule has 3 aromatic rings. The van der Waals surface area contributed by atoms with Crippen LogP contribution in [0.4, 0.5) is 5.69 Å². The van der Waals surface area contributed by atoms with E-state index in [1.54, 1.807) is 0 Å². The van der Waals surface area contributed by atoms with Gasteiger partial charge in [-0.25, -0.2) is 4.98 Å². The van der Waals surface area contributed by atoms with Crippen molar-refractivity contribution < 1.29 is 0 Å². The number of para-hydroxylation sites is 2. The van der Waals surface area contributed by atoms with Crippen molar-refractivity contribution >= 4 is 44.8 Å². The van der Waals surface area contributed by atoms with Gasteiger partial charge < -0.3 is 10.6 Å². The molecule has 1 aromatic heterocycles. The molecule has 0 atom stereocenters. The monoisotopic (exact) mass is 309 g/mol. The summed E-state index contributed by atoms with van der Waals surface area (Å²) in [7, 11) is 0. The van der Waals surface area contributed by atoms with Crippen LogP contribution >= 0.6 is 12.2 Å². The van der Waals surface area contributed by atoms with Gasteiger partial charge in [0, 0.05) is 16.3 Å². The van der Waals surface area contributed by atoms with Crippen molar-refractivity contribution in [3.63, 3.8) is 0 Å². The molecular weight excluding hydrogens is 290 g/mol. The van der Waals surface area contributed by atoms with Crippen LogP contribution in [0.3, 0.4) is 0 Å². The fourth-order valence-corrected chi connectivity index (χ4v) is 2.87. The molecule has 0 radical (unpaired) electrons. The number of nitrogens with zero attached hydrogens (tertiary/aromatic N) is 1. The number of hydrogen-bond acceptors (Lipinski definition) is 2. The van der Waals surface area contributed by atoms with Crippen LogP contribution < -0.4 is 10.6 Å². The lowest BCUT2D eigenvalue weighted by atomic mass is 10.1. The lowest BCUT2D eigenvalue weighted by Crippen LogP contribution is -2.43. The van der Waals surface area contributed by atoms with E-state index >= 15 is 0 Å². The molecule has 0 aliphatic rings. The molecule has 22 heavy (non-hydrogen) atoms. The van der Waals surface area contributed by atoms with Crippen LogP contribution in [0.25, 0.3) is 21.8 Å². The maximum Gasteiger partial charge on any atom is 0.171 e. The molecule has 1 heterocycles. The molecule has 3 rings (SSSR count). The predicted molar refractivity (Wildman–Crippen MR) is 98.4 cm³/mol. The molecule has 0 aliphatic carbocycles. The molecule has 2 N–H and O–H groups in total. The van der Waals surface area contributed by atoms with Crippen LogP contribution in [0.2, 0.25) is 0 Å². The predicted octanol–water partition coefficient (Wildman–Crippen LogP) is 4.47. The van der Waals surface area contributed by atoms with Crippen LogP contribution in [-0.4, -0.2) is 15.6 Å². The molecule has 4 heteroatoms. The van der Waals surface area contributed by atoms with Crippen molar-refractivity contribution in [3.8, 4) is 0 Å². The Labute approximate surface area is 135 Å². The van der Waals surface area contributed by atoms with Crippen molar-refractivity contribution in [2.45, 2.75) is 26.3 Å². The van der Waals surface area contributed by atoms with E-state index in [0.29, 0.717) is 5.11 Å². The number of aromatic nitrogens is 1. The normalized spacial score (nSPS) is 11.6. The molecule has 2 aromatic carbocycles. The summed E-state index contributed by atoms with van der Waals surface area (Å²) in [5.74, 6) is 0. The van der Waals surface area contributed by atoms with Crippen molar-refractivity contribution in [1.29, 1.82) is 0 Å². The Kier molecular flexibility index (Phi) is 3.71. The molecule has 0 bridgehead atoms. The SMILES string of the molecule is CC(C)(C)NC(=S)Nc1c2ccccc2nc2ccccc12. The Balaban J connectivity index is 2.14. The van der Waals surface area contributed by atoms with Crippen LogP contribution in [-0.2, 0) is 0 Å². The summed E-state index contributed by atoms with van der Waals surface area (Å²) < 4.78 is 0. The van der Waals surface area contributed by atoms with Gasteiger partial charge in [-0.15, -0.1) is 0 Å². The molecular formula is C18H19N3S. The zero-order valence-corrected chi connectivity index (χ0v) is 13.8. The first kappa shape index (κ1) is 14.7. The molecule has 0 amide bonds. The lowest BCUT2D eigenvalue weighted by Gasteiger charge is -2.24. The minimum atomic E-state index is -0.0806. The zero-order valence-electron chi connectivity index (χ0n) is 13.0. The van der Waals surface area contributed by atoms with E-state index in [9.17, 15) is 0 Å². The van der Waals surface area contributed by atoms with Gasteiger partial charge in [-0.05, 0) is 45.1 Å². The van der Waals surface area contributed by atoms with Crippen molar-refractivity contribution in [2.75, 3.05) is 5.32 Å². The summed E-state index contributed by atoms with van der Waals surface area (Å²) in [6.45, 7) is 6.26. The second kappa shape index (κ2) is 5.54. The molecule has 0 spiro atoms. The topological polar surface area (TPSA) is 37.0 Å². The minimum Gasteiger partial charge on any atom is -0.358 e. The van der Waals surface area contributed by atoms with E-state index < -0.39 is 0 Å². The number of nitrogens with one attached hydrogen (secondary N) is 2. The fourth-order valence-electron chi connectivity index (χ4n) is 2.46. The van der Waals surface area contributed by atoms with Crippen molar-refractivity contribution in [2.24, 2.45) is 0 Å². The number of anilines is 1. The second-order valence-electron chi connectivity index (χ2n) is 6.35. The van der Waals surface area contributed by atoms with E-state index in [2.05, 4.69) is 43.5 Å². The largest absolute Gasteiger partial charge is 0.358 e. The summed E-state index contributed by atoms with van der Waals surface area (Å²) in [6.07, 6.45) is 0. The quantitative estimate of drug-likeness (QED) is 0.513. The number of rotatable bonds is 1. The number of fused-ring (bicyclic) bond motifs is 2. The lowest BCUT2D eigenvalue weighted by molar-refractivity contribution is 0.515. The fraction of sp³-hybridized carbons (Fsp3) is 0.222. The third-order valence-corrected chi connectivity index (χ3v) is 3.52. The van der Waals surface area contributed by atoms with Gasteiger partial charge in [-0.1, -0.05) is 36.4 Å². The number of hydrogen-bond donors (Lipinski definition) is 2. The Morgan fingerprint density at radius 1 is 0.909 bits per heavy atom. The highest BCUT2D eigenvalue weighted by molar-refractivity contribution is 7.80. The van der Waals surface area contributed by atoms with Gasteiger partial charge in [0.05, 0.1) is 16.7 Å². The van der Waals surface area contributed by atoms with E-state index in [-0.39, 0.29) is 5.54 Å². The number of benzene rings is 2. The summed E-state index contributed by atoms with van der Waals surface area (Å²) in [4.78, 5) is 4.72. The average Bonchev–Trinajstić information content (AvgIpc) is 2.45. The first-order valence-electron chi connectivity index (χ1n) is 7.31. The van der Waals surface area contributed by atoms with Gasteiger partial charge in [0.1, 0.15) is 0 Å². The molecule has 112 valence electrons. The molecule has 0 fully saturated rings. The molecule has 0 aliphatic heterocycles. The summed E-state index contributed by atoms with van der Waals surface area (Å²) in [6, 6.07) is 16.2. The Hall–Kier alpha value is -2.20. The first-order chi connectivity index (χ1) is 10.4. The van der Waals surface area contributed by atoms with Gasteiger partial charge in [0.2, 0.25) is 0 Å². The number of pyridine rings is 1. The summed E-state index contributed by atoms with van der Waals surface area (Å²) >= 11 is 5.47. The van der Waals surface area contributed by atoms with Gasteiger partial charge in [0.25, 0.3) is 0 Å². The maximum atomic E-state index is 5.47. The summed E-state index contributed by atoms with van der Waals surface area (Å²) in [5, 5.41) is 9.42. The Morgan fingerprint density at radius 3 is 1.91 bits per heavy atom. The molecule has 3 nitrogen and oxygen atoms in total. The zero-order chi connectivity index (χ0) is 15.7.